The van der Waals surface area contributed by atoms with Crippen LogP contribution in [0.4, 0.5) is 4.39 Å². The van der Waals surface area contributed by atoms with E-state index in [4.69, 9.17) is 9.47 Å². The van der Waals surface area contributed by atoms with Crippen LogP contribution >= 0.6 is 0 Å². The number of carbonyl (C=O) groups is 1. The van der Waals surface area contributed by atoms with Crippen molar-refractivity contribution < 1.29 is 27.1 Å². The second-order valence-electron chi connectivity index (χ2n) is 9.33. The molecule has 1 spiro atoms. The fourth-order valence-electron chi connectivity index (χ4n) is 4.92. The van der Waals surface area contributed by atoms with Crippen molar-refractivity contribution in [3.63, 3.8) is 0 Å². The Labute approximate surface area is 204 Å². The maximum Gasteiger partial charge on any atom is 0.256 e. The first-order valence-electron chi connectivity index (χ1n) is 11.6. The molecule has 0 saturated carbocycles. The Balaban J connectivity index is 1.42. The summed E-state index contributed by atoms with van der Waals surface area (Å²) in [7, 11) is -3.48. The molecular formula is C26H27FN2O5S. The summed E-state index contributed by atoms with van der Waals surface area (Å²) in [5.74, 6) is -0.0455. The van der Waals surface area contributed by atoms with E-state index in [1.165, 1.54) is 18.4 Å². The van der Waals surface area contributed by atoms with Crippen LogP contribution in [-0.2, 0) is 15.4 Å². The van der Waals surface area contributed by atoms with E-state index in [1.807, 2.05) is 38.1 Å². The van der Waals surface area contributed by atoms with E-state index in [0.717, 1.165) is 5.69 Å². The predicted molar refractivity (Wildman–Crippen MR) is 128 cm³/mol. The largest absolute Gasteiger partial charge is 0.491 e. The third-order valence-electron chi connectivity index (χ3n) is 6.50. The fourth-order valence-corrected chi connectivity index (χ4v) is 5.76. The fraction of sp³-hybridized carbons (Fsp3) is 0.346. The summed E-state index contributed by atoms with van der Waals surface area (Å²) >= 11 is 0. The summed E-state index contributed by atoms with van der Waals surface area (Å²) in [5, 5.41) is 0.201. The number of aromatic nitrogens is 1. The van der Waals surface area contributed by atoms with Crippen LogP contribution in [0.15, 0.2) is 59.6 Å². The van der Waals surface area contributed by atoms with E-state index in [1.54, 1.807) is 27.7 Å². The van der Waals surface area contributed by atoms with Gasteiger partial charge < -0.3 is 14.4 Å². The minimum absolute atomic E-state index is 0.00491. The number of benzene rings is 2. The van der Waals surface area contributed by atoms with Gasteiger partial charge in [-0.2, -0.15) is 0 Å². The number of para-hydroxylation sites is 2. The molecule has 0 bridgehead atoms. The first-order chi connectivity index (χ1) is 16.6. The van der Waals surface area contributed by atoms with Gasteiger partial charge >= 0.3 is 0 Å². The quantitative estimate of drug-likeness (QED) is 0.535. The average Bonchev–Trinajstić information content (AvgIpc) is 3.26. The Morgan fingerprint density at radius 2 is 1.80 bits per heavy atom. The standard InChI is InChI=1S/C26H27FN2O5S/c1-17(2)33-18-8-9-19(20(27)16-18)25(30)28-14-12-26(13-15-28)23-10-11-24(35(3,31)32)29(23)21-6-4-5-7-22(21)34-26/h4-11,16-17H,12-15H2,1-3H3. The molecule has 0 N–H and O–H groups in total. The number of hydrogen-bond donors (Lipinski definition) is 0. The Bertz CT molecular complexity index is 1400. The van der Waals surface area contributed by atoms with E-state index in [-0.39, 0.29) is 16.7 Å². The number of ether oxygens (including phenoxy) is 2. The van der Waals surface area contributed by atoms with Gasteiger partial charge in [0.25, 0.3) is 5.91 Å². The Kier molecular flexibility index (Phi) is 5.62. The number of halogens is 1. The number of likely N-dealkylation sites (tertiary alicyclic amines) is 1. The topological polar surface area (TPSA) is 77.8 Å². The van der Waals surface area contributed by atoms with Gasteiger partial charge in [0, 0.05) is 38.3 Å². The molecule has 2 aliphatic heterocycles. The highest BCUT2D eigenvalue weighted by Gasteiger charge is 2.46. The van der Waals surface area contributed by atoms with Gasteiger partial charge in [0.15, 0.2) is 15.4 Å². The van der Waals surface area contributed by atoms with Crippen LogP contribution in [0, 0.1) is 5.82 Å². The molecule has 1 fully saturated rings. The third kappa shape index (κ3) is 4.07. The van der Waals surface area contributed by atoms with Crippen LogP contribution in [0.2, 0.25) is 0 Å². The van der Waals surface area contributed by atoms with Gasteiger partial charge in [0.05, 0.1) is 23.0 Å². The second-order valence-corrected chi connectivity index (χ2v) is 11.3. The zero-order valence-electron chi connectivity index (χ0n) is 19.8. The molecule has 7 nitrogen and oxygen atoms in total. The maximum absolute atomic E-state index is 14.7. The molecule has 0 aliphatic carbocycles. The Morgan fingerprint density at radius 3 is 2.46 bits per heavy atom. The van der Waals surface area contributed by atoms with Crippen molar-refractivity contribution >= 4 is 15.7 Å². The average molecular weight is 499 g/mol. The number of piperidine rings is 1. The monoisotopic (exact) mass is 498 g/mol. The Morgan fingerprint density at radius 1 is 1.09 bits per heavy atom. The van der Waals surface area contributed by atoms with E-state index < -0.39 is 27.2 Å². The molecule has 1 saturated heterocycles. The molecular weight excluding hydrogens is 471 g/mol. The molecule has 0 radical (unpaired) electrons. The molecule has 9 heteroatoms. The molecule has 2 aromatic carbocycles. The lowest BCUT2D eigenvalue weighted by molar-refractivity contribution is -0.0100. The van der Waals surface area contributed by atoms with Gasteiger partial charge in [-0.1, -0.05) is 12.1 Å². The molecule has 3 aromatic rings. The van der Waals surface area contributed by atoms with E-state index >= 15 is 0 Å². The van der Waals surface area contributed by atoms with Gasteiger partial charge in [0.1, 0.15) is 22.3 Å². The van der Waals surface area contributed by atoms with Gasteiger partial charge in [-0.05, 0) is 50.2 Å². The highest BCUT2D eigenvalue weighted by molar-refractivity contribution is 7.90. The van der Waals surface area contributed by atoms with Crippen LogP contribution in [-0.4, -0.2) is 49.2 Å². The third-order valence-corrected chi connectivity index (χ3v) is 7.58. The Hall–Kier alpha value is -3.33. The van der Waals surface area contributed by atoms with Crippen LogP contribution in [0.3, 0.4) is 0 Å². The minimum atomic E-state index is -3.48. The molecule has 184 valence electrons. The van der Waals surface area contributed by atoms with Crippen molar-refractivity contribution in [1.82, 2.24) is 9.47 Å². The number of rotatable bonds is 4. The summed E-state index contributed by atoms with van der Waals surface area (Å²) in [5.41, 5.74) is 0.615. The summed E-state index contributed by atoms with van der Waals surface area (Å²) < 4.78 is 53.5. The highest BCUT2D eigenvalue weighted by atomic mass is 32.2. The number of hydrogen-bond acceptors (Lipinski definition) is 5. The normalized spacial score (nSPS) is 16.5. The number of nitrogens with zero attached hydrogens (tertiary/aromatic N) is 2. The highest BCUT2D eigenvalue weighted by Crippen LogP contribution is 2.46. The van der Waals surface area contributed by atoms with Crippen molar-refractivity contribution in [2.24, 2.45) is 0 Å². The maximum atomic E-state index is 14.7. The molecule has 0 unspecified atom stereocenters. The van der Waals surface area contributed by atoms with E-state index in [9.17, 15) is 17.6 Å². The van der Waals surface area contributed by atoms with E-state index in [2.05, 4.69) is 0 Å². The molecule has 5 rings (SSSR count). The molecule has 1 amide bonds. The minimum Gasteiger partial charge on any atom is -0.491 e. The molecule has 0 atom stereocenters. The second kappa shape index (κ2) is 8.41. The van der Waals surface area contributed by atoms with Gasteiger partial charge in [-0.3, -0.25) is 9.36 Å². The molecule has 2 aliphatic rings. The summed E-state index contributed by atoms with van der Waals surface area (Å²) in [4.78, 5) is 14.7. The lowest BCUT2D eigenvalue weighted by Gasteiger charge is -2.45. The zero-order valence-corrected chi connectivity index (χ0v) is 20.6. The van der Waals surface area contributed by atoms with Crippen molar-refractivity contribution in [1.29, 1.82) is 0 Å². The molecule has 3 heterocycles. The lowest BCUT2D eigenvalue weighted by Crippen LogP contribution is -2.50. The van der Waals surface area contributed by atoms with Crippen LogP contribution in [0.1, 0.15) is 42.7 Å². The van der Waals surface area contributed by atoms with Crippen molar-refractivity contribution in [3.8, 4) is 17.2 Å². The number of amides is 1. The first-order valence-corrected chi connectivity index (χ1v) is 13.4. The SMILES string of the molecule is CC(C)Oc1ccc(C(=O)N2CCC3(CC2)Oc2ccccc2-n2c3ccc2S(C)(=O)=O)c(F)c1. The van der Waals surface area contributed by atoms with Crippen LogP contribution in [0.5, 0.6) is 11.5 Å². The summed E-state index contributed by atoms with van der Waals surface area (Å²) in [6, 6.07) is 15.0. The van der Waals surface area contributed by atoms with Gasteiger partial charge in [-0.25, -0.2) is 12.8 Å². The van der Waals surface area contributed by atoms with E-state index in [0.29, 0.717) is 43.1 Å². The summed E-state index contributed by atoms with van der Waals surface area (Å²) in [6.07, 6.45) is 1.97. The smallest absolute Gasteiger partial charge is 0.256 e. The molecule has 35 heavy (non-hydrogen) atoms. The lowest BCUT2D eigenvalue weighted by atomic mass is 9.86. The van der Waals surface area contributed by atoms with Crippen molar-refractivity contribution in [2.45, 2.75) is 43.4 Å². The number of sulfone groups is 1. The number of fused-ring (bicyclic) bond motifs is 4. The van der Waals surface area contributed by atoms with Crippen molar-refractivity contribution in [2.75, 3.05) is 19.3 Å². The zero-order chi connectivity index (χ0) is 25.0. The van der Waals surface area contributed by atoms with Crippen LogP contribution < -0.4 is 9.47 Å². The number of carbonyl (C=O) groups excluding carboxylic acids is 1. The predicted octanol–water partition coefficient (Wildman–Crippen LogP) is 4.33. The van der Waals surface area contributed by atoms with Gasteiger partial charge in [0.2, 0.25) is 0 Å². The first kappa shape index (κ1) is 23.4. The van der Waals surface area contributed by atoms with Crippen molar-refractivity contribution in [3.05, 3.63) is 71.7 Å². The van der Waals surface area contributed by atoms with Crippen LogP contribution in [0.25, 0.3) is 5.69 Å². The summed E-state index contributed by atoms with van der Waals surface area (Å²) in [6.45, 7) is 4.37. The van der Waals surface area contributed by atoms with Gasteiger partial charge in [-0.15, -0.1) is 0 Å². The molecule has 1 aromatic heterocycles.